The van der Waals surface area contributed by atoms with Crippen LogP contribution in [0.2, 0.25) is 0 Å². The van der Waals surface area contributed by atoms with Crippen molar-refractivity contribution in [3.05, 3.63) is 134 Å². The first kappa shape index (κ1) is 19.7. The van der Waals surface area contributed by atoms with Gasteiger partial charge in [0, 0.05) is 28.2 Å². The average Bonchev–Trinajstić information content (AvgIpc) is 3.27. The van der Waals surface area contributed by atoms with Gasteiger partial charge in [0.2, 0.25) is 0 Å². The van der Waals surface area contributed by atoms with Gasteiger partial charge in [-0.1, -0.05) is 84.9 Å². The van der Waals surface area contributed by atoms with Crippen LogP contribution in [0.4, 0.5) is 0 Å². The molecule has 7 aromatic rings. The molecule has 2 heterocycles. The highest BCUT2D eigenvalue weighted by atomic mass is 15.0. The van der Waals surface area contributed by atoms with E-state index in [4.69, 9.17) is 0 Å². The van der Waals surface area contributed by atoms with Crippen LogP contribution >= 0.6 is 0 Å². The third kappa shape index (κ3) is 3.23. The van der Waals surface area contributed by atoms with Gasteiger partial charge in [0.25, 0.3) is 0 Å². The van der Waals surface area contributed by atoms with E-state index in [1.54, 1.807) is 0 Å². The van der Waals surface area contributed by atoms with Crippen LogP contribution < -0.4 is 0 Å². The minimum absolute atomic E-state index is 0.969. The van der Waals surface area contributed by atoms with E-state index in [2.05, 4.69) is 125 Å². The molecule has 35 heavy (non-hydrogen) atoms. The van der Waals surface area contributed by atoms with Gasteiger partial charge < -0.3 is 4.57 Å². The summed E-state index contributed by atoms with van der Waals surface area (Å²) in [6.07, 6.45) is 1.86. The molecule has 2 nitrogen and oxygen atoms in total. The molecule has 0 spiro atoms. The Morgan fingerprint density at radius 2 is 1.11 bits per heavy atom. The van der Waals surface area contributed by atoms with Crippen LogP contribution in [-0.4, -0.2) is 9.55 Å². The average molecular weight is 447 g/mol. The Labute approximate surface area is 203 Å². The molecule has 0 aliphatic heterocycles. The molecule has 0 N–H and O–H groups in total. The number of rotatable bonds is 3. The molecule has 164 valence electrons. The number of aromatic nitrogens is 2. The van der Waals surface area contributed by atoms with Crippen molar-refractivity contribution < 1.29 is 0 Å². The summed E-state index contributed by atoms with van der Waals surface area (Å²) >= 11 is 0. The van der Waals surface area contributed by atoms with E-state index >= 15 is 0 Å². The maximum absolute atomic E-state index is 4.68. The fourth-order valence-electron chi connectivity index (χ4n) is 5.26. The molecule has 0 fully saturated rings. The predicted molar refractivity (Wildman–Crippen MR) is 147 cm³/mol. The normalized spacial score (nSPS) is 11.4. The number of nitrogens with zero attached hydrogens (tertiary/aromatic N) is 2. The predicted octanol–water partition coefficient (Wildman–Crippen LogP) is 8.67. The molecule has 0 saturated carbocycles. The Hall–Kier alpha value is -4.69. The third-order valence-electron chi connectivity index (χ3n) is 6.82. The first-order valence-corrected chi connectivity index (χ1v) is 11.9. The number of hydrogen-bond acceptors (Lipinski definition) is 1. The van der Waals surface area contributed by atoms with Crippen molar-refractivity contribution in [3.63, 3.8) is 0 Å². The molecule has 0 aliphatic rings. The molecule has 0 atom stereocenters. The summed E-state index contributed by atoms with van der Waals surface area (Å²) in [5.74, 6) is 0. The standard InChI is InChI=1S/C33H22N2/c1-2-12-27-23(10-1)11-9-15-28(27)24-20-25(31-16-7-8-19-34-31)22-26(21-24)35-32-17-5-3-13-29(32)30-14-4-6-18-33(30)35/h1-22H. The molecule has 0 bridgehead atoms. The number of hydrogen-bond donors (Lipinski definition) is 0. The molecule has 7 rings (SSSR count). The molecule has 0 unspecified atom stereocenters. The van der Waals surface area contributed by atoms with Crippen molar-refractivity contribution in [2.75, 3.05) is 0 Å². The van der Waals surface area contributed by atoms with Crippen molar-refractivity contribution in [2.45, 2.75) is 0 Å². The highest BCUT2D eigenvalue weighted by molar-refractivity contribution is 6.09. The van der Waals surface area contributed by atoms with Gasteiger partial charge in [0.15, 0.2) is 0 Å². The highest BCUT2D eigenvalue weighted by Gasteiger charge is 2.15. The lowest BCUT2D eigenvalue weighted by molar-refractivity contribution is 1.18. The fourth-order valence-corrected chi connectivity index (χ4v) is 5.26. The van der Waals surface area contributed by atoms with Crippen molar-refractivity contribution in [1.82, 2.24) is 9.55 Å². The van der Waals surface area contributed by atoms with Crippen molar-refractivity contribution in [1.29, 1.82) is 0 Å². The van der Waals surface area contributed by atoms with Gasteiger partial charge in [0.05, 0.1) is 16.7 Å². The lowest BCUT2D eigenvalue weighted by Crippen LogP contribution is -1.96. The van der Waals surface area contributed by atoms with Crippen molar-refractivity contribution >= 4 is 32.6 Å². The van der Waals surface area contributed by atoms with Crippen LogP contribution in [0, 0.1) is 0 Å². The number of benzene rings is 5. The monoisotopic (exact) mass is 446 g/mol. The van der Waals surface area contributed by atoms with E-state index in [0.717, 1.165) is 16.9 Å². The summed E-state index contributed by atoms with van der Waals surface area (Å²) in [4.78, 5) is 4.68. The van der Waals surface area contributed by atoms with E-state index in [-0.39, 0.29) is 0 Å². The summed E-state index contributed by atoms with van der Waals surface area (Å²) < 4.78 is 2.38. The smallest absolute Gasteiger partial charge is 0.0702 e. The first-order chi connectivity index (χ1) is 17.4. The van der Waals surface area contributed by atoms with Crippen molar-refractivity contribution in [2.24, 2.45) is 0 Å². The second-order valence-corrected chi connectivity index (χ2v) is 8.88. The van der Waals surface area contributed by atoms with Gasteiger partial charge in [-0.3, -0.25) is 4.98 Å². The summed E-state index contributed by atoms with van der Waals surface area (Å²) in [7, 11) is 0. The maximum atomic E-state index is 4.68. The van der Waals surface area contributed by atoms with E-state index in [0.29, 0.717) is 0 Å². The minimum Gasteiger partial charge on any atom is -0.309 e. The second kappa shape index (κ2) is 7.96. The summed E-state index contributed by atoms with van der Waals surface area (Å²) in [5, 5.41) is 5.02. The van der Waals surface area contributed by atoms with Gasteiger partial charge in [-0.15, -0.1) is 0 Å². The SMILES string of the molecule is c1ccc(-c2cc(-c3cccc4ccccc34)cc(-n3c4ccccc4c4ccccc43)c2)nc1. The van der Waals surface area contributed by atoms with Gasteiger partial charge in [-0.2, -0.15) is 0 Å². The maximum Gasteiger partial charge on any atom is 0.0702 e. The van der Waals surface area contributed by atoms with Crippen LogP contribution in [-0.2, 0) is 0 Å². The van der Waals surface area contributed by atoms with Crippen LogP contribution in [0.1, 0.15) is 0 Å². The molecule has 0 aliphatic carbocycles. The number of fused-ring (bicyclic) bond motifs is 4. The van der Waals surface area contributed by atoms with Crippen LogP contribution in [0.25, 0.3) is 60.6 Å². The molecular formula is C33H22N2. The number of para-hydroxylation sites is 2. The Kier molecular flexibility index (Phi) is 4.49. The van der Waals surface area contributed by atoms with E-state index < -0.39 is 0 Å². The first-order valence-electron chi connectivity index (χ1n) is 11.9. The minimum atomic E-state index is 0.969. The Morgan fingerprint density at radius 3 is 1.86 bits per heavy atom. The summed E-state index contributed by atoms with van der Waals surface area (Å²) in [5.41, 5.74) is 8.02. The molecular weight excluding hydrogens is 424 g/mol. The number of pyridine rings is 1. The molecule has 0 amide bonds. The molecule has 0 radical (unpaired) electrons. The van der Waals surface area contributed by atoms with Crippen LogP contribution in [0.3, 0.4) is 0 Å². The zero-order valence-electron chi connectivity index (χ0n) is 19.1. The lowest BCUT2D eigenvalue weighted by atomic mass is 9.95. The Bertz CT molecular complexity index is 1790. The van der Waals surface area contributed by atoms with E-state index in [1.807, 2.05) is 18.3 Å². The van der Waals surface area contributed by atoms with Crippen LogP contribution in [0.15, 0.2) is 134 Å². The Morgan fingerprint density at radius 1 is 0.486 bits per heavy atom. The quantitative estimate of drug-likeness (QED) is 0.265. The third-order valence-corrected chi connectivity index (χ3v) is 6.82. The topological polar surface area (TPSA) is 17.8 Å². The highest BCUT2D eigenvalue weighted by Crippen LogP contribution is 2.37. The van der Waals surface area contributed by atoms with Crippen LogP contribution in [0.5, 0.6) is 0 Å². The largest absolute Gasteiger partial charge is 0.309 e. The molecule has 2 heteroatoms. The van der Waals surface area contributed by atoms with Gasteiger partial charge >= 0.3 is 0 Å². The fraction of sp³-hybridized carbons (Fsp3) is 0. The zero-order chi connectivity index (χ0) is 23.2. The van der Waals surface area contributed by atoms with E-state index in [1.165, 1.54) is 43.7 Å². The van der Waals surface area contributed by atoms with Gasteiger partial charge in [0.1, 0.15) is 0 Å². The Balaban J connectivity index is 1.58. The lowest BCUT2D eigenvalue weighted by Gasteiger charge is -2.15. The summed E-state index contributed by atoms with van der Waals surface area (Å²) in [6.45, 7) is 0. The zero-order valence-corrected chi connectivity index (χ0v) is 19.1. The molecule has 0 saturated heterocycles. The van der Waals surface area contributed by atoms with Gasteiger partial charge in [-0.05, 0) is 64.4 Å². The molecule has 2 aromatic heterocycles. The summed E-state index contributed by atoms with van der Waals surface area (Å²) in [6, 6.07) is 45.4. The second-order valence-electron chi connectivity index (χ2n) is 8.88. The molecule has 5 aromatic carbocycles. The van der Waals surface area contributed by atoms with E-state index in [9.17, 15) is 0 Å². The van der Waals surface area contributed by atoms with Crippen molar-refractivity contribution in [3.8, 4) is 28.1 Å². The van der Waals surface area contributed by atoms with Gasteiger partial charge in [-0.25, -0.2) is 0 Å².